The Bertz CT molecular complexity index is 560. The van der Waals surface area contributed by atoms with Gasteiger partial charge in [0.25, 0.3) is 0 Å². The van der Waals surface area contributed by atoms with Crippen molar-refractivity contribution in [1.82, 2.24) is 14.7 Å². The number of amides is 1. The molecule has 0 saturated carbocycles. The topological polar surface area (TPSA) is 71.2 Å². The van der Waals surface area contributed by atoms with Gasteiger partial charge in [-0.05, 0) is 38.2 Å². The number of nitrogens with zero attached hydrogens (tertiary/aromatic N) is 4. The van der Waals surface area contributed by atoms with Crippen molar-refractivity contribution in [3.05, 3.63) is 18.5 Å². The molecule has 1 aromatic heterocycles. The Morgan fingerprint density at radius 2 is 2.26 bits per heavy atom. The van der Waals surface area contributed by atoms with Crippen LogP contribution in [0.15, 0.2) is 18.5 Å². The minimum atomic E-state index is -0.399. The summed E-state index contributed by atoms with van der Waals surface area (Å²) in [6.07, 6.45) is 4.08. The van der Waals surface area contributed by atoms with Gasteiger partial charge in [0.05, 0.1) is 17.5 Å². The van der Waals surface area contributed by atoms with Gasteiger partial charge in [-0.15, -0.1) is 0 Å². The molecule has 2 unspecified atom stereocenters. The first-order chi connectivity index (χ1) is 10.8. The predicted octanol–water partition coefficient (Wildman–Crippen LogP) is 2.87. The molecule has 23 heavy (non-hydrogen) atoms. The lowest BCUT2D eigenvalue weighted by Gasteiger charge is -2.37. The zero-order valence-electron chi connectivity index (χ0n) is 14.4. The molecule has 0 aromatic carbocycles. The number of likely N-dealkylation sites (tertiary alicyclic amines) is 1. The smallest absolute Gasteiger partial charge is 0.409 e. The maximum Gasteiger partial charge on any atom is 0.409 e. The van der Waals surface area contributed by atoms with Gasteiger partial charge in [-0.1, -0.05) is 13.8 Å². The van der Waals surface area contributed by atoms with Gasteiger partial charge in [0.15, 0.2) is 0 Å². The van der Waals surface area contributed by atoms with Crippen LogP contribution < -0.4 is 0 Å². The molecule has 126 valence electrons. The zero-order chi connectivity index (χ0) is 17.0. The molecule has 1 saturated heterocycles. The van der Waals surface area contributed by atoms with Crippen molar-refractivity contribution in [2.24, 2.45) is 17.8 Å². The van der Waals surface area contributed by atoms with Gasteiger partial charge < -0.3 is 9.64 Å². The van der Waals surface area contributed by atoms with E-state index < -0.39 is 5.54 Å². The maximum absolute atomic E-state index is 12.3. The average Bonchev–Trinajstić information content (AvgIpc) is 3.07. The molecule has 6 nitrogen and oxygen atoms in total. The summed E-state index contributed by atoms with van der Waals surface area (Å²) in [7, 11) is 0. The highest BCUT2D eigenvalue weighted by molar-refractivity contribution is 5.67. The van der Waals surface area contributed by atoms with Gasteiger partial charge in [-0.2, -0.15) is 10.4 Å². The van der Waals surface area contributed by atoms with E-state index in [1.807, 2.05) is 26.1 Å². The largest absolute Gasteiger partial charge is 0.447 e. The van der Waals surface area contributed by atoms with Gasteiger partial charge >= 0.3 is 6.09 Å². The minimum Gasteiger partial charge on any atom is -0.447 e. The molecule has 1 aliphatic rings. The molecule has 0 N–H and O–H groups in total. The van der Waals surface area contributed by atoms with E-state index in [9.17, 15) is 10.1 Å². The van der Waals surface area contributed by atoms with E-state index in [1.165, 1.54) is 0 Å². The summed E-state index contributed by atoms with van der Waals surface area (Å²) < 4.78 is 7.26. The first-order valence-electron chi connectivity index (χ1n) is 8.16. The maximum atomic E-state index is 12.3. The van der Waals surface area contributed by atoms with Crippen LogP contribution in [-0.2, 0) is 10.3 Å². The molecule has 0 spiro atoms. The van der Waals surface area contributed by atoms with Gasteiger partial charge in [0.2, 0.25) is 0 Å². The fourth-order valence-electron chi connectivity index (χ4n) is 3.09. The van der Waals surface area contributed by atoms with E-state index in [2.05, 4.69) is 25.0 Å². The Morgan fingerprint density at radius 1 is 1.52 bits per heavy atom. The number of piperidine rings is 1. The molecular formula is C17H26N4O2. The van der Waals surface area contributed by atoms with E-state index in [-0.39, 0.29) is 18.6 Å². The summed E-state index contributed by atoms with van der Waals surface area (Å²) in [5, 5.41) is 13.6. The molecule has 6 heteroatoms. The van der Waals surface area contributed by atoms with Gasteiger partial charge in [-0.3, -0.25) is 4.68 Å². The molecule has 0 aliphatic carbocycles. The third-order valence-electron chi connectivity index (χ3n) is 4.62. The molecule has 1 aliphatic heterocycles. The highest BCUT2D eigenvalue weighted by Gasteiger charge is 2.34. The van der Waals surface area contributed by atoms with Crippen LogP contribution in [0.25, 0.3) is 0 Å². The van der Waals surface area contributed by atoms with E-state index >= 15 is 0 Å². The number of ether oxygens (including phenoxy) is 1. The molecule has 0 bridgehead atoms. The fraction of sp³-hybridized carbons (Fsp3) is 0.706. The SMILES string of the molecule is CC(C)C1CCN(C(=O)OCC(C)(C)n2cccn2)CC1C#N. The molecule has 1 amide bonds. The molecule has 2 heterocycles. The van der Waals surface area contributed by atoms with Crippen LogP contribution in [0.5, 0.6) is 0 Å². The minimum absolute atomic E-state index is 0.115. The Labute approximate surface area is 138 Å². The third-order valence-corrected chi connectivity index (χ3v) is 4.62. The van der Waals surface area contributed by atoms with Crippen molar-refractivity contribution in [3.63, 3.8) is 0 Å². The molecule has 2 rings (SSSR count). The highest BCUT2D eigenvalue weighted by atomic mass is 16.6. The lowest BCUT2D eigenvalue weighted by molar-refractivity contribution is 0.0462. The van der Waals surface area contributed by atoms with Crippen molar-refractivity contribution in [2.45, 2.75) is 39.7 Å². The standard InChI is InChI=1S/C17H26N4O2/c1-13(2)15-6-9-20(11-14(15)10-18)16(22)23-12-17(3,4)21-8-5-7-19-21/h5,7-8,13-15H,6,9,11-12H2,1-4H3. The summed E-state index contributed by atoms with van der Waals surface area (Å²) in [6.45, 7) is 9.56. The monoisotopic (exact) mass is 318 g/mol. The quantitative estimate of drug-likeness (QED) is 0.856. The Kier molecular flexibility index (Phi) is 5.30. The number of hydrogen-bond acceptors (Lipinski definition) is 4. The van der Waals surface area contributed by atoms with E-state index in [4.69, 9.17) is 4.74 Å². The van der Waals surface area contributed by atoms with E-state index in [0.29, 0.717) is 24.9 Å². The van der Waals surface area contributed by atoms with Crippen LogP contribution in [0.1, 0.15) is 34.1 Å². The van der Waals surface area contributed by atoms with Crippen LogP contribution in [0.2, 0.25) is 0 Å². The van der Waals surface area contributed by atoms with Crippen molar-refractivity contribution >= 4 is 6.09 Å². The molecular weight excluding hydrogens is 292 g/mol. The van der Waals surface area contributed by atoms with Crippen molar-refractivity contribution < 1.29 is 9.53 Å². The Hall–Kier alpha value is -2.03. The Morgan fingerprint density at radius 3 is 2.83 bits per heavy atom. The molecule has 0 radical (unpaired) electrons. The third kappa shape index (κ3) is 4.04. The Balaban J connectivity index is 1.91. The number of hydrogen-bond donors (Lipinski definition) is 0. The van der Waals surface area contributed by atoms with Crippen LogP contribution in [0, 0.1) is 29.1 Å². The summed E-state index contributed by atoms with van der Waals surface area (Å²) in [5.41, 5.74) is -0.399. The van der Waals surface area contributed by atoms with Crippen LogP contribution in [0.3, 0.4) is 0 Å². The first-order valence-corrected chi connectivity index (χ1v) is 8.16. The first kappa shape index (κ1) is 17.3. The van der Waals surface area contributed by atoms with Crippen molar-refractivity contribution in [3.8, 4) is 6.07 Å². The second-order valence-electron chi connectivity index (χ2n) is 7.20. The van der Waals surface area contributed by atoms with Crippen LogP contribution in [0.4, 0.5) is 4.79 Å². The van der Waals surface area contributed by atoms with Gasteiger partial charge in [-0.25, -0.2) is 4.79 Å². The molecule has 1 fully saturated rings. The number of carbonyl (C=O) groups is 1. The number of carbonyl (C=O) groups excluding carboxylic acids is 1. The predicted molar refractivity (Wildman–Crippen MR) is 86.5 cm³/mol. The second kappa shape index (κ2) is 7.03. The number of aromatic nitrogens is 2. The van der Waals surface area contributed by atoms with Gasteiger partial charge in [0.1, 0.15) is 6.61 Å². The summed E-state index contributed by atoms with van der Waals surface area (Å²) in [4.78, 5) is 14.0. The van der Waals surface area contributed by atoms with Gasteiger partial charge in [0, 0.05) is 25.5 Å². The number of rotatable bonds is 4. The molecule has 2 atom stereocenters. The average molecular weight is 318 g/mol. The lowest BCUT2D eigenvalue weighted by Crippen LogP contribution is -2.46. The second-order valence-corrected chi connectivity index (χ2v) is 7.20. The van der Waals surface area contributed by atoms with Crippen LogP contribution >= 0.6 is 0 Å². The number of nitriles is 1. The normalized spacial score (nSPS) is 22.0. The highest BCUT2D eigenvalue weighted by Crippen LogP contribution is 2.30. The van der Waals surface area contributed by atoms with E-state index in [0.717, 1.165) is 6.42 Å². The summed E-state index contributed by atoms with van der Waals surface area (Å²) in [6, 6.07) is 4.20. The van der Waals surface area contributed by atoms with Crippen molar-refractivity contribution in [2.75, 3.05) is 19.7 Å². The lowest BCUT2D eigenvalue weighted by atomic mass is 9.79. The summed E-state index contributed by atoms with van der Waals surface area (Å²) >= 11 is 0. The fourth-order valence-corrected chi connectivity index (χ4v) is 3.09. The molecule has 1 aromatic rings. The van der Waals surface area contributed by atoms with Crippen LogP contribution in [-0.4, -0.2) is 40.5 Å². The van der Waals surface area contributed by atoms with E-state index in [1.54, 1.807) is 15.8 Å². The zero-order valence-corrected chi connectivity index (χ0v) is 14.4. The van der Waals surface area contributed by atoms with Crippen molar-refractivity contribution in [1.29, 1.82) is 5.26 Å². The summed E-state index contributed by atoms with van der Waals surface area (Å²) in [5.74, 6) is 0.691.